The summed E-state index contributed by atoms with van der Waals surface area (Å²) in [6.07, 6.45) is 3.76. The minimum Gasteiger partial charge on any atom is -0.361 e. The molecule has 0 spiro atoms. The van der Waals surface area contributed by atoms with E-state index < -0.39 is 0 Å². The first kappa shape index (κ1) is 17.5. The number of nitrogens with one attached hydrogen (secondary N) is 2. The Morgan fingerprint density at radius 3 is 2.63 bits per heavy atom. The van der Waals surface area contributed by atoms with Gasteiger partial charge in [-0.25, -0.2) is 0 Å². The largest absolute Gasteiger partial charge is 0.361 e. The SMILES string of the molecule is NCCc1c[nH]c2ccc(C(Cc3ccccc3)C3CC(=O)NC3=O)cc12. The number of H-pyrrole nitrogens is 1. The Labute approximate surface area is 158 Å². The van der Waals surface area contributed by atoms with E-state index in [2.05, 4.69) is 40.6 Å². The van der Waals surface area contributed by atoms with Crippen LogP contribution in [0.3, 0.4) is 0 Å². The summed E-state index contributed by atoms with van der Waals surface area (Å²) in [5, 5.41) is 3.61. The predicted molar refractivity (Wildman–Crippen MR) is 105 cm³/mol. The zero-order valence-electron chi connectivity index (χ0n) is 15.1. The van der Waals surface area contributed by atoms with Gasteiger partial charge in [-0.3, -0.25) is 14.9 Å². The Morgan fingerprint density at radius 1 is 1.11 bits per heavy atom. The fourth-order valence-electron chi connectivity index (χ4n) is 4.05. The van der Waals surface area contributed by atoms with Gasteiger partial charge in [0, 0.05) is 29.4 Å². The third-order valence-corrected chi connectivity index (χ3v) is 5.42. The molecule has 1 aromatic heterocycles. The highest BCUT2D eigenvalue weighted by Crippen LogP contribution is 2.35. The molecule has 4 N–H and O–H groups in total. The van der Waals surface area contributed by atoms with Crippen molar-refractivity contribution in [1.82, 2.24) is 10.3 Å². The molecule has 138 valence electrons. The van der Waals surface area contributed by atoms with Crippen LogP contribution in [0.15, 0.2) is 54.7 Å². The summed E-state index contributed by atoms with van der Waals surface area (Å²) < 4.78 is 0. The van der Waals surface area contributed by atoms with Crippen LogP contribution in [-0.2, 0) is 22.4 Å². The van der Waals surface area contributed by atoms with Gasteiger partial charge >= 0.3 is 0 Å². The van der Waals surface area contributed by atoms with Gasteiger partial charge in [0.1, 0.15) is 0 Å². The average Bonchev–Trinajstić information content (AvgIpc) is 3.23. The number of hydrogen-bond acceptors (Lipinski definition) is 3. The van der Waals surface area contributed by atoms with Crippen molar-refractivity contribution < 1.29 is 9.59 Å². The van der Waals surface area contributed by atoms with Crippen molar-refractivity contribution in [2.75, 3.05) is 6.54 Å². The van der Waals surface area contributed by atoms with Gasteiger partial charge in [0.15, 0.2) is 0 Å². The summed E-state index contributed by atoms with van der Waals surface area (Å²) in [6.45, 7) is 0.587. The first-order valence-electron chi connectivity index (χ1n) is 9.33. The molecule has 1 aliphatic heterocycles. The highest BCUT2D eigenvalue weighted by molar-refractivity contribution is 6.04. The maximum atomic E-state index is 12.4. The molecule has 5 nitrogen and oxygen atoms in total. The van der Waals surface area contributed by atoms with Crippen LogP contribution in [0.4, 0.5) is 0 Å². The van der Waals surface area contributed by atoms with Crippen LogP contribution in [0.2, 0.25) is 0 Å². The summed E-state index contributed by atoms with van der Waals surface area (Å²) in [4.78, 5) is 27.5. The second-order valence-electron chi connectivity index (χ2n) is 7.18. The van der Waals surface area contributed by atoms with Gasteiger partial charge in [-0.1, -0.05) is 36.4 Å². The van der Waals surface area contributed by atoms with Crippen molar-refractivity contribution in [3.63, 3.8) is 0 Å². The number of aromatic nitrogens is 1. The first-order valence-corrected chi connectivity index (χ1v) is 9.33. The van der Waals surface area contributed by atoms with Gasteiger partial charge in [-0.05, 0) is 48.2 Å². The number of carbonyl (C=O) groups is 2. The smallest absolute Gasteiger partial charge is 0.230 e. The van der Waals surface area contributed by atoms with Gasteiger partial charge < -0.3 is 10.7 Å². The van der Waals surface area contributed by atoms with Crippen LogP contribution in [0, 0.1) is 5.92 Å². The molecule has 2 aromatic carbocycles. The number of carbonyl (C=O) groups excluding carboxylic acids is 2. The molecule has 27 heavy (non-hydrogen) atoms. The number of amides is 2. The van der Waals surface area contributed by atoms with E-state index >= 15 is 0 Å². The topological polar surface area (TPSA) is 88.0 Å². The van der Waals surface area contributed by atoms with Gasteiger partial charge in [-0.15, -0.1) is 0 Å². The zero-order chi connectivity index (χ0) is 18.8. The van der Waals surface area contributed by atoms with Crippen molar-refractivity contribution in [2.24, 2.45) is 11.7 Å². The fourth-order valence-corrected chi connectivity index (χ4v) is 4.05. The quantitative estimate of drug-likeness (QED) is 0.590. The van der Waals surface area contributed by atoms with Crippen molar-refractivity contribution in [1.29, 1.82) is 0 Å². The standard InChI is InChI=1S/C22H23N3O2/c23-9-8-16-13-24-20-7-6-15(11-18(16)20)17(10-14-4-2-1-3-5-14)19-12-21(26)25-22(19)27/h1-7,11,13,17,19,24H,8-10,12,23H2,(H,25,26,27). The van der Waals surface area contributed by atoms with Crippen molar-refractivity contribution in [2.45, 2.75) is 25.2 Å². The lowest BCUT2D eigenvalue weighted by Crippen LogP contribution is -2.26. The number of aromatic amines is 1. The number of benzene rings is 2. The summed E-state index contributed by atoms with van der Waals surface area (Å²) in [5.41, 5.74) is 10.2. The summed E-state index contributed by atoms with van der Waals surface area (Å²) in [7, 11) is 0. The Balaban J connectivity index is 1.75. The second kappa shape index (κ2) is 7.37. The molecule has 0 radical (unpaired) electrons. The zero-order valence-corrected chi connectivity index (χ0v) is 15.1. The molecular weight excluding hydrogens is 338 g/mol. The van der Waals surface area contributed by atoms with E-state index in [4.69, 9.17) is 5.73 Å². The summed E-state index contributed by atoms with van der Waals surface area (Å²) in [6, 6.07) is 16.4. The normalized spacial score (nSPS) is 18.0. The van der Waals surface area contributed by atoms with E-state index in [1.807, 2.05) is 24.4 Å². The van der Waals surface area contributed by atoms with Crippen LogP contribution < -0.4 is 11.1 Å². The number of hydrogen-bond donors (Lipinski definition) is 3. The number of fused-ring (bicyclic) bond motifs is 1. The minimum absolute atomic E-state index is 0.0520. The van der Waals surface area contributed by atoms with Crippen molar-refractivity contribution >= 4 is 22.7 Å². The molecule has 2 amide bonds. The van der Waals surface area contributed by atoms with Crippen molar-refractivity contribution in [3.05, 3.63) is 71.4 Å². The van der Waals surface area contributed by atoms with Crippen LogP contribution in [-0.4, -0.2) is 23.3 Å². The lowest BCUT2D eigenvalue weighted by atomic mass is 9.80. The molecular formula is C22H23N3O2. The predicted octanol–water partition coefficient (Wildman–Crippen LogP) is 2.66. The molecule has 1 aliphatic rings. The molecule has 0 aliphatic carbocycles. The first-order chi connectivity index (χ1) is 13.2. The van der Waals surface area contributed by atoms with E-state index in [0.29, 0.717) is 13.0 Å². The third kappa shape index (κ3) is 3.51. The molecule has 2 heterocycles. The Hall–Kier alpha value is -2.92. The Bertz CT molecular complexity index is 978. The molecule has 2 unspecified atom stereocenters. The number of imide groups is 1. The summed E-state index contributed by atoms with van der Waals surface area (Å²) >= 11 is 0. The van der Waals surface area contributed by atoms with Crippen LogP contribution in [0.5, 0.6) is 0 Å². The number of rotatable bonds is 6. The van der Waals surface area contributed by atoms with Gasteiger partial charge in [-0.2, -0.15) is 0 Å². The monoisotopic (exact) mass is 361 g/mol. The lowest BCUT2D eigenvalue weighted by Gasteiger charge is -2.22. The average molecular weight is 361 g/mol. The Morgan fingerprint density at radius 2 is 1.93 bits per heavy atom. The van der Waals surface area contributed by atoms with Gasteiger partial charge in [0.05, 0.1) is 5.92 Å². The number of nitrogens with two attached hydrogens (primary N) is 1. The van der Waals surface area contributed by atoms with E-state index in [9.17, 15) is 9.59 Å². The maximum Gasteiger partial charge on any atom is 0.230 e. The van der Waals surface area contributed by atoms with Crippen LogP contribution in [0.1, 0.15) is 29.0 Å². The fraction of sp³-hybridized carbons (Fsp3) is 0.273. The van der Waals surface area contributed by atoms with E-state index in [1.165, 1.54) is 5.56 Å². The molecule has 3 aromatic rings. The lowest BCUT2D eigenvalue weighted by molar-refractivity contribution is -0.126. The van der Waals surface area contributed by atoms with Crippen molar-refractivity contribution in [3.8, 4) is 0 Å². The van der Waals surface area contributed by atoms with E-state index in [-0.39, 0.29) is 30.1 Å². The second-order valence-corrected chi connectivity index (χ2v) is 7.18. The van der Waals surface area contributed by atoms with E-state index in [0.717, 1.165) is 28.5 Å². The molecule has 5 heteroatoms. The van der Waals surface area contributed by atoms with E-state index in [1.54, 1.807) is 0 Å². The highest BCUT2D eigenvalue weighted by atomic mass is 16.2. The van der Waals surface area contributed by atoms with Gasteiger partial charge in [0.2, 0.25) is 11.8 Å². The highest BCUT2D eigenvalue weighted by Gasteiger charge is 2.37. The molecule has 2 atom stereocenters. The summed E-state index contributed by atoms with van der Waals surface area (Å²) in [5.74, 6) is -0.747. The van der Waals surface area contributed by atoms with Crippen LogP contribution >= 0.6 is 0 Å². The molecule has 1 saturated heterocycles. The Kier molecular flexibility index (Phi) is 4.77. The molecule has 0 bridgehead atoms. The maximum absolute atomic E-state index is 12.4. The molecule has 0 saturated carbocycles. The van der Waals surface area contributed by atoms with Crippen LogP contribution in [0.25, 0.3) is 10.9 Å². The molecule has 4 rings (SSSR count). The van der Waals surface area contributed by atoms with Gasteiger partial charge in [0.25, 0.3) is 0 Å². The molecule has 1 fully saturated rings. The minimum atomic E-state index is -0.341. The third-order valence-electron chi connectivity index (χ3n) is 5.42.